The Balaban J connectivity index is 1.90. The van der Waals surface area contributed by atoms with E-state index < -0.39 is 0 Å². The molecule has 0 unspecified atom stereocenters. The number of nitrogens with zero attached hydrogens (tertiary/aromatic N) is 1. The number of hydrogen-bond donors (Lipinski definition) is 2. The average Bonchev–Trinajstić information content (AvgIpc) is 2.58. The first kappa shape index (κ1) is 18.5. The smallest absolute Gasteiger partial charge is 0.410 e. The summed E-state index contributed by atoms with van der Waals surface area (Å²) in [7, 11) is 0. The first-order valence-corrected chi connectivity index (χ1v) is 8.64. The second-order valence-corrected chi connectivity index (χ2v) is 6.37. The van der Waals surface area contributed by atoms with Gasteiger partial charge in [-0.05, 0) is 38.5 Å². The van der Waals surface area contributed by atoms with Crippen molar-refractivity contribution in [3.8, 4) is 0 Å². The molecule has 1 heterocycles. The molecule has 24 heavy (non-hydrogen) atoms. The highest BCUT2D eigenvalue weighted by Gasteiger charge is 2.31. The molecule has 132 valence electrons. The van der Waals surface area contributed by atoms with Crippen molar-refractivity contribution < 1.29 is 19.2 Å². The van der Waals surface area contributed by atoms with Gasteiger partial charge in [-0.25, -0.2) is 4.79 Å². The third-order valence-corrected chi connectivity index (χ3v) is 4.87. The maximum Gasteiger partial charge on any atom is 0.410 e. The van der Waals surface area contributed by atoms with Crippen molar-refractivity contribution >= 4 is 29.3 Å². The van der Waals surface area contributed by atoms with Crippen LogP contribution in [-0.4, -0.2) is 55.7 Å². The summed E-state index contributed by atoms with van der Waals surface area (Å²) in [6.45, 7) is 8.61. The van der Waals surface area contributed by atoms with Crippen LogP contribution in [-0.2, 0) is 9.53 Å². The van der Waals surface area contributed by atoms with Gasteiger partial charge in [-0.3, -0.25) is 9.69 Å². The number of hydrogen-bond acceptors (Lipinski definition) is 3. The zero-order chi connectivity index (χ0) is 17.7. The summed E-state index contributed by atoms with van der Waals surface area (Å²) in [5.41, 5.74) is 1.60. The Morgan fingerprint density at radius 3 is 2.67 bits per heavy atom. The molecule has 2 rings (SSSR count). The van der Waals surface area contributed by atoms with Gasteiger partial charge in [0.05, 0.1) is 32.8 Å². The Bertz CT molecular complexity index is 601. The number of amides is 2. The van der Waals surface area contributed by atoms with Crippen LogP contribution in [0, 0.1) is 6.92 Å². The minimum absolute atomic E-state index is 0.0417. The summed E-state index contributed by atoms with van der Waals surface area (Å²) in [5.74, 6) is -0.0417. The second-order valence-electron chi connectivity index (χ2n) is 5.97. The van der Waals surface area contributed by atoms with Crippen molar-refractivity contribution in [1.29, 1.82) is 0 Å². The Labute approximate surface area is 147 Å². The van der Waals surface area contributed by atoms with Gasteiger partial charge in [-0.15, -0.1) is 0 Å². The Morgan fingerprint density at radius 1 is 1.38 bits per heavy atom. The topological polar surface area (TPSA) is 63.1 Å². The van der Waals surface area contributed by atoms with E-state index in [0.717, 1.165) is 29.2 Å². The number of anilines is 1. The SMILES string of the molecule is CCOC(=O)N1CC[NH+]([C@@H](C)C(=O)Nc2cccc(Cl)c2C)CC1. The molecule has 1 fully saturated rings. The van der Waals surface area contributed by atoms with Crippen molar-refractivity contribution in [1.82, 2.24) is 4.90 Å². The third kappa shape index (κ3) is 4.39. The minimum Gasteiger partial charge on any atom is -0.450 e. The van der Waals surface area contributed by atoms with Gasteiger partial charge in [0.1, 0.15) is 0 Å². The normalized spacial score (nSPS) is 16.6. The molecule has 2 amide bonds. The number of piperazine rings is 1. The largest absolute Gasteiger partial charge is 0.450 e. The average molecular weight is 355 g/mol. The Kier molecular flexibility index (Phi) is 6.45. The number of rotatable bonds is 4. The quantitative estimate of drug-likeness (QED) is 0.857. The molecule has 0 aromatic heterocycles. The molecule has 7 heteroatoms. The lowest BCUT2D eigenvalue weighted by Gasteiger charge is -2.34. The van der Waals surface area contributed by atoms with E-state index in [4.69, 9.17) is 16.3 Å². The number of ether oxygens (including phenoxy) is 1. The van der Waals surface area contributed by atoms with E-state index >= 15 is 0 Å². The van der Waals surface area contributed by atoms with Crippen LogP contribution < -0.4 is 10.2 Å². The van der Waals surface area contributed by atoms with Crippen LogP contribution in [0.3, 0.4) is 0 Å². The third-order valence-electron chi connectivity index (χ3n) is 4.46. The standard InChI is InChI=1S/C17H24ClN3O3/c1-4-24-17(23)21-10-8-20(9-11-21)13(3)16(22)19-15-7-5-6-14(18)12(15)2/h5-7,13H,4,8-11H2,1-3H3,(H,19,22)/p+1/t13-/m0/s1. The summed E-state index contributed by atoms with van der Waals surface area (Å²) in [6.07, 6.45) is -0.275. The van der Waals surface area contributed by atoms with Crippen LogP contribution in [0.15, 0.2) is 18.2 Å². The van der Waals surface area contributed by atoms with Gasteiger partial charge in [0.25, 0.3) is 5.91 Å². The van der Waals surface area contributed by atoms with Crippen LogP contribution in [0.1, 0.15) is 19.4 Å². The fourth-order valence-corrected chi connectivity index (χ4v) is 2.97. The molecular weight excluding hydrogens is 330 g/mol. The summed E-state index contributed by atoms with van der Waals surface area (Å²) < 4.78 is 5.01. The van der Waals surface area contributed by atoms with E-state index in [2.05, 4.69) is 5.32 Å². The van der Waals surface area contributed by atoms with E-state index in [-0.39, 0.29) is 18.0 Å². The van der Waals surface area contributed by atoms with Crippen molar-refractivity contribution in [2.45, 2.75) is 26.8 Å². The number of carbonyl (C=O) groups is 2. The van der Waals surface area contributed by atoms with E-state index in [1.807, 2.05) is 26.0 Å². The van der Waals surface area contributed by atoms with Gasteiger partial charge in [0.2, 0.25) is 0 Å². The molecule has 6 nitrogen and oxygen atoms in total. The fraction of sp³-hybridized carbons (Fsp3) is 0.529. The van der Waals surface area contributed by atoms with Crippen molar-refractivity contribution in [2.75, 3.05) is 38.1 Å². The molecule has 0 spiro atoms. The molecule has 2 N–H and O–H groups in total. The highest BCUT2D eigenvalue weighted by molar-refractivity contribution is 6.31. The molecule has 0 saturated carbocycles. The molecule has 0 bridgehead atoms. The van der Waals surface area contributed by atoms with Gasteiger partial charge in [-0.2, -0.15) is 0 Å². The zero-order valence-corrected chi connectivity index (χ0v) is 15.2. The van der Waals surface area contributed by atoms with E-state index in [9.17, 15) is 9.59 Å². The lowest BCUT2D eigenvalue weighted by molar-refractivity contribution is -0.917. The van der Waals surface area contributed by atoms with Gasteiger partial charge in [0, 0.05) is 10.7 Å². The number of benzene rings is 1. The summed E-state index contributed by atoms with van der Waals surface area (Å²) in [6, 6.07) is 5.27. The summed E-state index contributed by atoms with van der Waals surface area (Å²) in [4.78, 5) is 27.1. The zero-order valence-electron chi connectivity index (χ0n) is 14.4. The molecule has 0 aliphatic carbocycles. The Morgan fingerprint density at radius 2 is 2.04 bits per heavy atom. The van der Waals surface area contributed by atoms with Crippen LogP contribution in [0.5, 0.6) is 0 Å². The van der Waals surface area contributed by atoms with Gasteiger partial charge >= 0.3 is 6.09 Å². The Hall–Kier alpha value is -1.79. The maximum atomic E-state index is 12.5. The lowest BCUT2D eigenvalue weighted by atomic mass is 10.1. The molecule has 1 atom stereocenters. The van der Waals surface area contributed by atoms with E-state index in [1.54, 1.807) is 17.9 Å². The lowest BCUT2D eigenvalue weighted by Crippen LogP contribution is -3.19. The van der Waals surface area contributed by atoms with Gasteiger partial charge in [-0.1, -0.05) is 17.7 Å². The molecule has 1 aliphatic heterocycles. The highest BCUT2D eigenvalue weighted by atomic mass is 35.5. The van der Waals surface area contributed by atoms with Gasteiger partial charge in [0.15, 0.2) is 6.04 Å². The first-order valence-electron chi connectivity index (χ1n) is 8.26. The van der Waals surface area contributed by atoms with Crippen LogP contribution in [0.2, 0.25) is 5.02 Å². The fourth-order valence-electron chi connectivity index (χ4n) is 2.79. The van der Waals surface area contributed by atoms with Crippen LogP contribution >= 0.6 is 11.6 Å². The molecule has 0 radical (unpaired) electrons. The number of carbonyl (C=O) groups excluding carboxylic acids is 2. The van der Waals surface area contributed by atoms with Crippen molar-refractivity contribution in [2.24, 2.45) is 0 Å². The van der Waals surface area contributed by atoms with Crippen LogP contribution in [0.25, 0.3) is 0 Å². The minimum atomic E-state index is -0.275. The molecule has 1 saturated heterocycles. The molecule has 1 aliphatic rings. The first-order chi connectivity index (χ1) is 11.4. The van der Waals surface area contributed by atoms with Gasteiger partial charge < -0.3 is 15.0 Å². The molecule has 1 aromatic rings. The summed E-state index contributed by atoms with van der Waals surface area (Å²) in [5, 5.41) is 3.59. The number of nitrogens with one attached hydrogen (secondary N) is 2. The second kappa shape index (κ2) is 8.35. The van der Waals surface area contributed by atoms with E-state index in [0.29, 0.717) is 24.7 Å². The number of halogens is 1. The monoisotopic (exact) mass is 354 g/mol. The number of quaternary nitrogens is 1. The van der Waals surface area contributed by atoms with E-state index in [1.165, 1.54) is 0 Å². The molecular formula is C17H25ClN3O3+. The van der Waals surface area contributed by atoms with Crippen LogP contribution in [0.4, 0.5) is 10.5 Å². The molecule has 1 aromatic carbocycles. The van der Waals surface area contributed by atoms with Crippen molar-refractivity contribution in [3.63, 3.8) is 0 Å². The summed E-state index contributed by atoms with van der Waals surface area (Å²) >= 11 is 6.09. The predicted octanol–water partition coefficient (Wildman–Crippen LogP) is 1.33. The van der Waals surface area contributed by atoms with Crippen molar-refractivity contribution in [3.05, 3.63) is 28.8 Å². The highest BCUT2D eigenvalue weighted by Crippen LogP contribution is 2.22. The predicted molar refractivity (Wildman–Crippen MR) is 93.6 cm³/mol. The maximum absolute atomic E-state index is 12.5.